The van der Waals surface area contributed by atoms with Crippen LogP contribution in [0, 0.1) is 5.92 Å². The summed E-state index contributed by atoms with van der Waals surface area (Å²) < 4.78 is 0. The second kappa shape index (κ2) is 7.07. The second-order valence-corrected chi connectivity index (χ2v) is 5.61. The Morgan fingerprint density at radius 1 is 1.14 bits per heavy atom. The van der Waals surface area contributed by atoms with Crippen LogP contribution in [-0.2, 0) is 9.59 Å². The van der Waals surface area contributed by atoms with Crippen LogP contribution < -0.4 is 10.6 Å². The first-order chi connectivity index (χ1) is 10.1. The van der Waals surface area contributed by atoms with E-state index in [0.29, 0.717) is 5.92 Å². The van der Waals surface area contributed by atoms with E-state index in [1.54, 1.807) is 13.0 Å². The highest BCUT2D eigenvalue weighted by atomic mass is 16.2. The van der Waals surface area contributed by atoms with Crippen LogP contribution >= 0.6 is 0 Å². The SMILES string of the molecule is CC(NC(=O)/C=C/c1ccccc1)C(=O)NC(C)C1CC1. The molecular formula is C17H22N2O2. The standard InChI is InChI=1S/C17H22N2O2/c1-12(15-9-10-15)19-17(21)13(2)18-16(20)11-8-14-6-4-3-5-7-14/h3-8,11-13,15H,9-10H2,1-2H3,(H,18,20)(H,19,21)/b11-8+. The first-order valence-electron chi connectivity index (χ1n) is 7.40. The van der Waals surface area contributed by atoms with E-state index >= 15 is 0 Å². The van der Waals surface area contributed by atoms with E-state index in [1.165, 1.54) is 18.9 Å². The van der Waals surface area contributed by atoms with Crippen molar-refractivity contribution in [3.63, 3.8) is 0 Å². The van der Waals surface area contributed by atoms with Crippen molar-refractivity contribution in [3.8, 4) is 0 Å². The Morgan fingerprint density at radius 2 is 1.81 bits per heavy atom. The molecule has 0 aromatic heterocycles. The lowest BCUT2D eigenvalue weighted by atomic mass is 10.2. The fourth-order valence-corrected chi connectivity index (χ4v) is 2.13. The topological polar surface area (TPSA) is 58.2 Å². The van der Waals surface area contributed by atoms with Gasteiger partial charge < -0.3 is 10.6 Å². The number of hydrogen-bond donors (Lipinski definition) is 2. The number of nitrogens with one attached hydrogen (secondary N) is 2. The molecule has 0 radical (unpaired) electrons. The van der Waals surface area contributed by atoms with Gasteiger partial charge in [-0.25, -0.2) is 0 Å². The maximum absolute atomic E-state index is 11.9. The summed E-state index contributed by atoms with van der Waals surface area (Å²) in [5.74, 6) is 0.214. The van der Waals surface area contributed by atoms with E-state index < -0.39 is 6.04 Å². The number of carbonyl (C=O) groups excluding carboxylic acids is 2. The highest BCUT2D eigenvalue weighted by Crippen LogP contribution is 2.32. The summed E-state index contributed by atoms with van der Waals surface area (Å²) in [6.07, 6.45) is 5.54. The minimum atomic E-state index is -0.529. The minimum Gasteiger partial charge on any atom is -0.352 e. The van der Waals surface area contributed by atoms with E-state index in [9.17, 15) is 9.59 Å². The first kappa shape index (κ1) is 15.3. The molecule has 4 heteroatoms. The number of benzene rings is 1. The van der Waals surface area contributed by atoms with Crippen molar-refractivity contribution in [3.05, 3.63) is 42.0 Å². The Morgan fingerprint density at radius 3 is 2.43 bits per heavy atom. The molecule has 0 bridgehead atoms. The summed E-state index contributed by atoms with van der Waals surface area (Å²) in [5, 5.41) is 5.62. The van der Waals surface area contributed by atoms with E-state index in [1.807, 2.05) is 37.3 Å². The summed E-state index contributed by atoms with van der Waals surface area (Å²) in [7, 11) is 0. The van der Waals surface area contributed by atoms with E-state index in [0.717, 1.165) is 5.56 Å². The Kier molecular flexibility index (Phi) is 5.14. The zero-order valence-corrected chi connectivity index (χ0v) is 12.5. The van der Waals surface area contributed by atoms with Crippen LogP contribution in [0.15, 0.2) is 36.4 Å². The fraction of sp³-hybridized carbons (Fsp3) is 0.412. The van der Waals surface area contributed by atoms with Crippen LogP contribution in [-0.4, -0.2) is 23.9 Å². The highest BCUT2D eigenvalue weighted by Gasteiger charge is 2.29. The van der Waals surface area contributed by atoms with Gasteiger partial charge in [0.05, 0.1) is 0 Å². The van der Waals surface area contributed by atoms with Gasteiger partial charge in [0.25, 0.3) is 0 Å². The normalized spacial score (nSPS) is 17.2. The molecule has 2 rings (SSSR count). The van der Waals surface area contributed by atoms with Crippen LogP contribution in [0.5, 0.6) is 0 Å². The summed E-state index contributed by atoms with van der Waals surface area (Å²) in [6.45, 7) is 3.71. The molecule has 0 heterocycles. The molecule has 1 aliphatic rings. The van der Waals surface area contributed by atoms with Crippen LogP contribution in [0.3, 0.4) is 0 Å². The third kappa shape index (κ3) is 5.06. The van der Waals surface area contributed by atoms with Crippen LogP contribution in [0.25, 0.3) is 6.08 Å². The lowest BCUT2D eigenvalue weighted by Crippen LogP contribution is -2.47. The zero-order valence-electron chi connectivity index (χ0n) is 12.5. The summed E-state index contributed by atoms with van der Waals surface area (Å²) >= 11 is 0. The minimum absolute atomic E-state index is 0.129. The van der Waals surface area contributed by atoms with Crippen LogP contribution in [0.4, 0.5) is 0 Å². The van der Waals surface area contributed by atoms with E-state index in [4.69, 9.17) is 0 Å². The number of carbonyl (C=O) groups is 2. The van der Waals surface area contributed by atoms with Gasteiger partial charge in [-0.3, -0.25) is 9.59 Å². The molecule has 1 aromatic carbocycles. The molecule has 0 spiro atoms. The lowest BCUT2D eigenvalue weighted by Gasteiger charge is -2.17. The van der Waals surface area contributed by atoms with Crippen molar-refractivity contribution < 1.29 is 9.59 Å². The van der Waals surface area contributed by atoms with Gasteiger partial charge >= 0.3 is 0 Å². The van der Waals surface area contributed by atoms with Crippen molar-refractivity contribution in [1.29, 1.82) is 0 Å². The lowest BCUT2D eigenvalue weighted by molar-refractivity contribution is -0.127. The average molecular weight is 286 g/mol. The Hall–Kier alpha value is -2.10. The smallest absolute Gasteiger partial charge is 0.244 e. The van der Waals surface area contributed by atoms with Gasteiger partial charge in [0.2, 0.25) is 11.8 Å². The molecule has 4 nitrogen and oxygen atoms in total. The van der Waals surface area contributed by atoms with Gasteiger partial charge in [-0.2, -0.15) is 0 Å². The van der Waals surface area contributed by atoms with Crippen molar-refractivity contribution in [2.75, 3.05) is 0 Å². The molecule has 1 fully saturated rings. The van der Waals surface area contributed by atoms with E-state index in [2.05, 4.69) is 10.6 Å². The summed E-state index contributed by atoms with van der Waals surface area (Å²) in [5.41, 5.74) is 0.951. The molecule has 2 unspecified atom stereocenters. The highest BCUT2D eigenvalue weighted by molar-refractivity contribution is 5.95. The second-order valence-electron chi connectivity index (χ2n) is 5.61. The van der Waals surface area contributed by atoms with Crippen molar-refractivity contribution in [1.82, 2.24) is 10.6 Å². The van der Waals surface area contributed by atoms with E-state index in [-0.39, 0.29) is 17.9 Å². The molecular weight excluding hydrogens is 264 g/mol. The summed E-state index contributed by atoms with van der Waals surface area (Å²) in [6, 6.07) is 9.23. The maximum Gasteiger partial charge on any atom is 0.244 e. The van der Waals surface area contributed by atoms with Crippen LogP contribution in [0.1, 0.15) is 32.3 Å². The van der Waals surface area contributed by atoms with Crippen molar-refractivity contribution in [2.45, 2.75) is 38.8 Å². The van der Waals surface area contributed by atoms with Gasteiger partial charge in [-0.05, 0) is 44.2 Å². The predicted molar refractivity (Wildman–Crippen MR) is 83.4 cm³/mol. The Balaban J connectivity index is 1.78. The largest absolute Gasteiger partial charge is 0.352 e. The molecule has 2 atom stereocenters. The third-order valence-electron chi connectivity index (χ3n) is 3.68. The molecule has 1 aliphatic carbocycles. The number of rotatable bonds is 6. The molecule has 0 saturated heterocycles. The van der Waals surface area contributed by atoms with Gasteiger partial charge in [0.15, 0.2) is 0 Å². The zero-order chi connectivity index (χ0) is 15.2. The average Bonchev–Trinajstić information content (AvgIpc) is 3.30. The predicted octanol–water partition coefficient (Wildman–Crippen LogP) is 2.12. The number of hydrogen-bond acceptors (Lipinski definition) is 2. The molecule has 2 N–H and O–H groups in total. The maximum atomic E-state index is 11.9. The van der Waals surface area contributed by atoms with Gasteiger partial charge in [-0.1, -0.05) is 30.3 Å². The summed E-state index contributed by atoms with van der Waals surface area (Å²) in [4.78, 5) is 23.7. The Labute approximate surface area is 125 Å². The molecule has 1 saturated carbocycles. The van der Waals surface area contributed by atoms with Crippen molar-refractivity contribution >= 4 is 17.9 Å². The molecule has 0 aliphatic heterocycles. The first-order valence-corrected chi connectivity index (χ1v) is 7.40. The van der Waals surface area contributed by atoms with Gasteiger partial charge in [-0.15, -0.1) is 0 Å². The number of amides is 2. The van der Waals surface area contributed by atoms with Crippen LogP contribution in [0.2, 0.25) is 0 Å². The fourth-order valence-electron chi connectivity index (χ4n) is 2.13. The molecule has 1 aromatic rings. The third-order valence-corrected chi connectivity index (χ3v) is 3.68. The molecule has 112 valence electrons. The van der Waals surface area contributed by atoms with Gasteiger partial charge in [0, 0.05) is 12.1 Å². The van der Waals surface area contributed by atoms with Gasteiger partial charge in [0.1, 0.15) is 6.04 Å². The molecule has 21 heavy (non-hydrogen) atoms. The Bertz CT molecular complexity index is 521. The molecule has 2 amide bonds. The monoisotopic (exact) mass is 286 g/mol. The quantitative estimate of drug-likeness (QED) is 0.787. The van der Waals surface area contributed by atoms with Crippen molar-refractivity contribution in [2.24, 2.45) is 5.92 Å².